The molecule has 0 atom stereocenters. The van der Waals surface area contributed by atoms with Gasteiger partial charge in [0.1, 0.15) is 11.8 Å². The number of phenols is 1. The first-order valence-corrected chi connectivity index (χ1v) is 9.90. The van der Waals surface area contributed by atoms with Crippen LogP contribution in [0.2, 0.25) is 0 Å². The second-order valence-corrected chi connectivity index (χ2v) is 7.56. The summed E-state index contributed by atoms with van der Waals surface area (Å²) in [7, 11) is 0. The van der Waals surface area contributed by atoms with E-state index in [1.165, 1.54) is 22.3 Å². The van der Waals surface area contributed by atoms with Gasteiger partial charge >= 0.3 is 0 Å². The summed E-state index contributed by atoms with van der Waals surface area (Å²) in [5.74, 6) is 0.275. The van der Waals surface area contributed by atoms with E-state index >= 15 is 0 Å². The van der Waals surface area contributed by atoms with E-state index in [2.05, 4.69) is 58.6 Å². The van der Waals surface area contributed by atoms with Crippen molar-refractivity contribution < 1.29 is 10.0 Å². The van der Waals surface area contributed by atoms with E-state index in [9.17, 15) is 5.11 Å². The summed E-state index contributed by atoms with van der Waals surface area (Å²) in [5, 5.41) is 16.4. The molecule has 1 aliphatic carbocycles. The van der Waals surface area contributed by atoms with E-state index in [1.807, 2.05) is 18.3 Å². The van der Waals surface area contributed by atoms with Crippen molar-refractivity contribution in [1.29, 1.82) is 0 Å². The first kappa shape index (κ1) is 17.0. The predicted molar refractivity (Wildman–Crippen MR) is 112 cm³/mol. The maximum Gasteiger partial charge on any atom is 0.140 e. The molecule has 5 rings (SSSR count). The SMILES string of the molecule is Oc1cccc(/C=N\N2CC[NH+](C3c4ccccc4-c4ccccc43)CC2)c1. The number of phenolic OH excluding ortho intramolecular Hbond substituents is 1. The van der Waals surface area contributed by atoms with Gasteiger partial charge in [0.25, 0.3) is 0 Å². The van der Waals surface area contributed by atoms with Gasteiger partial charge in [-0.3, -0.25) is 5.01 Å². The molecule has 28 heavy (non-hydrogen) atoms. The molecule has 4 nitrogen and oxygen atoms in total. The molecule has 0 bridgehead atoms. The van der Waals surface area contributed by atoms with Gasteiger partial charge in [-0.05, 0) is 28.8 Å². The third-order valence-electron chi connectivity index (χ3n) is 5.86. The average Bonchev–Trinajstić information content (AvgIpc) is 3.07. The number of piperazine rings is 1. The van der Waals surface area contributed by atoms with Crippen LogP contribution < -0.4 is 4.90 Å². The van der Waals surface area contributed by atoms with Crippen molar-refractivity contribution in [2.24, 2.45) is 5.10 Å². The zero-order chi connectivity index (χ0) is 18.9. The van der Waals surface area contributed by atoms with Crippen LogP contribution in [0.3, 0.4) is 0 Å². The number of quaternary nitrogens is 1. The Morgan fingerprint density at radius 3 is 2.14 bits per heavy atom. The number of fused-ring (bicyclic) bond motifs is 3. The highest BCUT2D eigenvalue weighted by atomic mass is 16.3. The van der Waals surface area contributed by atoms with E-state index in [0.29, 0.717) is 6.04 Å². The molecule has 1 heterocycles. The third-order valence-corrected chi connectivity index (χ3v) is 5.86. The lowest BCUT2D eigenvalue weighted by Gasteiger charge is -2.34. The van der Waals surface area contributed by atoms with E-state index in [-0.39, 0.29) is 5.75 Å². The molecule has 1 fully saturated rings. The molecule has 2 aliphatic rings. The van der Waals surface area contributed by atoms with Crippen molar-refractivity contribution in [1.82, 2.24) is 5.01 Å². The minimum Gasteiger partial charge on any atom is -0.508 e. The number of hydrogen-bond acceptors (Lipinski definition) is 3. The number of nitrogens with one attached hydrogen (secondary N) is 1. The zero-order valence-electron chi connectivity index (χ0n) is 15.8. The lowest BCUT2D eigenvalue weighted by atomic mass is 10.0. The van der Waals surface area contributed by atoms with Crippen LogP contribution >= 0.6 is 0 Å². The van der Waals surface area contributed by atoms with Gasteiger partial charge in [0.2, 0.25) is 0 Å². The summed E-state index contributed by atoms with van der Waals surface area (Å²) in [4.78, 5) is 1.61. The number of nitrogens with zero attached hydrogens (tertiary/aromatic N) is 2. The number of aromatic hydroxyl groups is 1. The van der Waals surface area contributed by atoms with Crippen LogP contribution in [-0.2, 0) is 0 Å². The summed E-state index contributed by atoms with van der Waals surface area (Å²) in [6.45, 7) is 3.99. The number of hydrazone groups is 1. The minimum atomic E-state index is 0.275. The van der Waals surface area contributed by atoms with Crippen molar-refractivity contribution in [3.63, 3.8) is 0 Å². The number of hydrogen-bond donors (Lipinski definition) is 2. The highest BCUT2D eigenvalue weighted by Crippen LogP contribution is 2.41. The fraction of sp³-hybridized carbons (Fsp3) is 0.208. The fourth-order valence-corrected chi connectivity index (χ4v) is 4.54. The Hall–Kier alpha value is -3.11. The normalized spacial score (nSPS) is 17.1. The van der Waals surface area contributed by atoms with Gasteiger partial charge in [0, 0.05) is 11.1 Å². The second-order valence-electron chi connectivity index (χ2n) is 7.56. The maximum absolute atomic E-state index is 9.59. The van der Waals surface area contributed by atoms with Crippen LogP contribution in [0.5, 0.6) is 5.75 Å². The molecule has 140 valence electrons. The summed E-state index contributed by atoms with van der Waals surface area (Å²) in [6, 6.07) is 25.3. The molecule has 0 unspecified atom stereocenters. The van der Waals surface area contributed by atoms with Crippen molar-refractivity contribution in [3.8, 4) is 16.9 Å². The highest BCUT2D eigenvalue weighted by molar-refractivity contribution is 5.80. The number of rotatable bonds is 3. The molecule has 0 saturated carbocycles. The lowest BCUT2D eigenvalue weighted by Crippen LogP contribution is -3.14. The van der Waals surface area contributed by atoms with Crippen LogP contribution in [0.15, 0.2) is 77.9 Å². The summed E-state index contributed by atoms with van der Waals surface area (Å²) < 4.78 is 0. The van der Waals surface area contributed by atoms with E-state index in [1.54, 1.807) is 17.0 Å². The topological polar surface area (TPSA) is 40.3 Å². The zero-order valence-corrected chi connectivity index (χ0v) is 15.8. The van der Waals surface area contributed by atoms with E-state index < -0.39 is 0 Å². The third kappa shape index (κ3) is 3.06. The molecular weight excluding hydrogens is 346 g/mol. The molecule has 2 N–H and O–H groups in total. The number of benzene rings is 3. The second kappa shape index (κ2) is 7.13. The standard InChI is InChI=1S/C24H23N3O/c28-19-7-5-6-18(16-19)17-25-27-14-12-26(13-15-27)24-22-10-3-1-8-20(22)21-9-2-4-11-23(21)24/h1-11,16-17,24,28H,12-15H2/p+1/b25-17-. The van der Waals surface area contributed by atoms with Crippen LogP contribution in [-0.4, -0.2) is 42.5 Å². The first-order valence-electron chi connectivity index (χ1n) is 9.90. The lowest BCUT2D eigenvalue weighted by molar-refractivity contribution is -0.929. The fourth-order valence-electron chi connectivity index (χ4n) is 4.54. The molecule has 3 aromatic rings. The van der Waals surface area contributed by atoms with Gasteiger partial charge < -0.3 is 10.0 Å². The van der Waals surface area contributed by atoms with E-state index in [4.69, 9.17) is 0 Å². The Kier molecular flexibility index (Phi) is 4.34. The van der Waals surface area contributed by atoms with Gasteiger partial charge in [0.05, 0.1) is 32.4 Å². The molecule has 0 aromatic heterocycles. The van der Waals surface area contributed by atoms with Crippen LogP contribution in [0.1, 0.15) is 22.7 Å². The van der Waals surface area contributed by atoms with Crippen LogP contribution in [0.4, 0.5) is 0 Å². The van der Waals surface area contributed by atoms with Gasteiger partial charge in [0.15, 0.2) is 0 Å². The molecule has 3 aromatic carbocycles. The minimum absolute atomic E-state index is 0.275. The first-order chi connectivity index (χ1) is 13.8. The molecule has 4 heteroatoms. The molecule has 0 amide bonds. The average molecular weight is 370 g/mol. The Morgan fingerprint density at radius 2 is 1.50 bits per heavy atom. The summed E-state index contributed by atoms with van der Waals surface area (Å²) >= 11 is 0. The van der Waals surface area contributed by atoms with E-state index in [0.717, 1.165) is 31.7 Å². The van der Waals surface area contributed by atoms with Gasteiger partial charge in [-0.15, -0.1) is 0 Å². The predicted octanol–water partition coefficient (Wildman–Crippen LogP) is 2.70. The van der Waals surface area contributed by atoms with Gasteiger partial charge in [-0.2, -0.15) is 5.10 Å². The summed E-state index contributed by atoms with van der Waals surface area (Å²) in [5.41, 5.74) is 6.61. The molecular formula is C24H24N3O+. The van der Waals surface area contributed by atoms with Crippen LogP contribution in [0.25, 0.3) is 11.1 Å². The van der Waals surface area contributed by atoms with Crippen LogP contribution in [0, 0.1) is 0 Å². The maximum atomic E-state index is 9.59. The van der Waals surface area contributed by atoms with Gasteiger partial charge in [-0.1, -0.05) is 60.7 Å². The highest BCUT2D eigenvalue weighted by Gasteiger charge is 2.37. The largest absolute Gasteiger partial charge is 0.508 e. The molecule has 0 spiro atoms. The summed E-state index contributed by atoms with van der Waals surface area (Å²) in [6.07, 6.45) is 1.84. The quantitative estimate of drug-likeness (QED) is 0.696. The van der Waals surface area contributed by atoms with Crippen molar-refractivity contribution in [3.05, 3.63) is 89.5 Å². The monoisotopic (exact) mass is 370 g/mol. The Bertz CT molecular complexity index is 976. The Labute approximate surface area is 165 Å². The molecule has 1 aliphatic heterocycles. The van der Waals surface area contributed by atoms with Crippen molar-refractivity contribution in [2.45, 2.75) is 6.04 Å². The smallest absolute Gasteiger partial charge is 0.140 e. The van der Waals surface area contributed by atoms with Gasteiger partial charge in [-0.25, -0.2) is 0 Å². The molecule has 0 radical (unpaired) electrons. The van der Waals surface area contributed by atoms with Crippen molar-refractivity contribution >= 4 is 6.21 Å². The van der Waals surface area contributed by atoms with Crippen molar-refractivity contribution in [2.75, 3.05) is 26.2 Å². The molecule has 1 saturated heterocycles. The Balaban J connectivity index is 1.32. The Morgan fingerprint density at radius 1 is 0.857 bits per heavy atom.